The number of rotatable bonds is 8. The Balaban J connectivity index is 1.67. The zero-order valence-electron chi connectivity index (χ0n) is 10.5. The molecule has 0 aromatic carbocycles. The van der Waals surface area contributed by atoms with E-state index in [2.05, 4.69) is 0 Å². The molecule has 0 bridgehead atoms. The van der Waals surface area contributed by atoms with Crippen molar-refractivity contribution in [1.29, 1.82) is 0 Å². The smallest absolute Gasteiger partial charge is 0.309 e. The molecule has 2 fully saturated rings. The first-order valence-electron chi connectivity index (χ1n) is 6.48. The summed E-state index contributed by atoms with van der Waals surface area (Å²) in [6, 6.07) is 0. The fraction of sp³-hybridized carbons (Fsp3) is 0.923. The first-order valence-corrected chi connectivity index (χ1v) is 6.48. The Kier molecular flexibility index (Phi) is 4.05. The second-order valence-corrected chi connectivity index (χ2v) is 5.46. The van der Waals surface area contributed by atoms with E-state index in [1.54, 1.807) is 7.11 Å². The fourth-order valence-corrected chi connectivity index (χ4v) is 3.06. The zero-order chi connectivity index (χ0) is 12.3. The lowest BCUT2D eigenvalue weighted by Gasteiger charge is -2.25. The van der Waals surface area contributed by atoms with E-state index in [0.717, 1.165) is 19.3 Å². The molecule has 2 saturated carbocycles. The number of carboxylic acid groups (broad SMARTS) is 1. The summed E-state index contributed by atoms with van der Waals surface area (Å²) in [5.74, 6) is 0.768. The van der Waals surface area contributed by atoms with E-state index in [1.807, 2.05) is 0 Å². The van der Waals surface area contributed by atoms with Crippen LogP contribution in [0.5, 0.6) is 0 Å². The summed E-state index contributed by atoms with van der Waals surface area (Å²) in [6.45, 7) is 1.93. The summed E-state index contributed by atoms with van der Waals surface area (Å²) in [4.78, 5) is 11.4. The molecule has 0 aromatic heterocycles. The van der Waals surface area contributed by atoms with Crippen LogP contribution in [0.1, 0.15) is 32.1 Å². The van der Waals surface area contributed by atoms with E-state index >= 15 is 0 Å². The number of ether oxygens (including phenoxy) is 2. The average Bonchev–Trinajstić information content (AvgIpc) is 2.91. The van der Waals surface area contributed by atoms with E-state index in [-0.39, 0.29) is 0 Å². The number of fused-ring (bicyclic) bond motifs is 1. The van der Waals surface area contributed by atoms with Gasteiger partial charge in [0.25, 0.3) is 0 Å². The minimum absolute atomic E-state index is 0.477. The van der Waals surface area contributed by atoms with Gasteiger partial charge in [-0.05, 0) is 43.9 Å². The van der Waals surface area contributed by atoms with Crippen LogP contribution >= 0.6 is 0 Å². The van der Waals surface area contributed by atoms with Crippen LogP contribution in [0.3, 0.4) is 0 Å². The summed E-state index contributed by atoms with van der Waals surface area (Å²) < 4.78 is 10.4. The number of carboxylic acids is 1. The van der Waals surface area contributed by atoms with Crippen LogP contribution in [0, 0.1) is 17.3 Å². The topological polar surface area (TPSA) is 55.8 Å². The molecule has 2 aliphatic rings. The molecule has 0 aromatic rings. The van der Waals surface area contributed by atoms with E-state index in [1.165, 1.54) is 6.42 Å². The van der Waals surface area contributed by atoms with Gasteiger partial charge in [-0.2, -0.15) is 0 Å². The molecule has 0 aliphatic heterocycles. The van der Waals surface area contributed by atoms with Gasteiger partial charge in [0, 0.05) is 26.9 Å². The molecule has 2 unspecified atom stereocenters. The normalized spacial score (nSPS) is 34.6. The first-order chi connectivity index (χ1) is 8.18. The largest absolute Gasteiger partial charge is 0.481 e. The van der Waals surface area contributed by atoms with Crippen molar-refractivity contribution in [3.8, 4) is 0 Å². The van der Waals surface area contributed by atoms with Gasteiger partial charge in [-0.3, -0.25) is 4.79 Å². The van der Waals surface area contributed by atoms with Gasteiger partial charge in [-0.15, -0.1) is 0 Å². The Bertz CT molecular complexity index is 267. The Morgan fingerprint density at radius 2 is 2.00 bits per heavy atom. The number of aliphatic carboxylic acids is 1. The van der Waals surface area contributed by atoms with Crippen molar-refractivity contribution in [2.24, 2.45) is 17.3 Å². The van der Waals surface area contributed by atoms with Crippen molar-refractivity contribution in [2.45, 2.75) is 32.1 Å². The highest BCUT2D eigenvalue weighted by Gasteiger charge is 2.57. The minimum atomic E-state index is -0.620. The minimum Gasteiger partial charge on any atom is -0.481 e. The average molecular weight is 242 g/mol. The van der Waals surface area contributed by atoms with Crippen LogP contribution in [0.4, 0.5) is 0 Å². The third kappa shape index (κ3) is 2.99. The summed E-state index contributed by atoms with van der Waals surface area (Å²) in [5, 5.41) is 9.37. The van der Waals surface area contributed by atoms with Crippen LogP contribution in [0.15, 0.2) is 0 Å². The third-order valence-corrected chi connectivity index (χ3v) is 4.19. The third-order valence-electron chi connectivity index (χ3n) is 4.19. The van der Waals surface area contributed by atoms with E-state index < -0.39 is 11.4 Å². The SMILES string of the molecule is COCCCOCCC1(C(=O)O)CC2CC2C1. The molecular weight excluding hydrogens is 220 g/mol. The van der Waals surface area contributed by atoms with Crippen molar-refractivity contribution in [2.75, 3.05) is 26.9 Å². The Hall–Kier alpha value is -0.610. The molecule has 2 atom stereocenters. The monoisotopic (exact) mass is 242 g/mol. The maximum absolute atomic E-state index is 11.4. The quantitative estimate of drug-likeness (QED) is 0.661. The van der Waals surface area contributed by atoms with Gasteiger partial charge in [0.15, 0.2) is 0 Å². The number of carbonyl (C=O) groups is 1. The maximum atomic E-state index is 11.4. The summed E-state index contributed by atoms with van der Waals surface area (Å²) in [6.07, 6.45) is 4.54. The van der Waals surface area contributed by atoms with E-state index in [0.29, 0.717) is 38.1 Å². The van der Waals surface area contributed by atoms with Gasteiger partial charge >= 0.3 is 5.97 Å². The van der Waals surface area contributed by atoms with Gasteiger partial charge in [0.2, 0.25) is 0 Å². The van der Waals surface area contributed by atoms with Crippen LogP contribution in [-0.2, 0) is 14.3 Å². The molecule has 0 radical (unpaired) electrons. The van der Waals surface area contributed by atoms with Gasteiger partial charge in [-0.1, -0.05) is 0 Å². The van der Waals surface area contributed by atoms with E-state index in [4.69, 9.17) is 9.47 Å². The second-order valence-electron chi connectivity index (χ2n) is 5.46. The molecule has 4 nitrogen and oxygen atoms in total. The zero-order valence-corrected chi connectivity index (χ0v) is 10.5. The summed E-state index contributed by atoms with van der Waals surface area (Å²) in [7, 11) is 1.67. The molecule has 17 heavy (non-hydrogen) atoms. The Morgan fingerprint density at radius 1 is 1.29 bits per heavy atom. The molecule has 0 amide bonds. The molecule has 0 spiro atoms. The highest BCUT2D eigenvalue weighted by atomic mass is 16.5. The summed E-state index contributed by atoms with van der Waals surface area (Å²) in [5.41, 5.74) is -0.477. The van der Waals surface area contributed by atoms with Crippen molar-refractivity contribution in [1.82, 2.24) is 0 Å². The maximum Gasteiger partial charge on any atom is 0.309 e. The van der Waals surface area contributed by atoms with Gasteiger partial charge in [-0.25, -0.2) is 0 Å². The van der Waals surface area contributed by atoms with Crippen LogP contribution in [0.25, 0.3) is 0 Å². The van der Waals surface area contributed by atoms with E-state index in [9.17, 15) is 9.90 Å². The van der Waals surface area contributed by atoms with Gasteiger partial charge < -0.3 is 14.6 Å². The lowest BCUT2D eigenvalue weighted by Crippen LogP contribution is -2.31. The highest BCUT2D eigenvalue weighted by Crippen LogP contribution is 2.61. The number of hydrogen-bond acceptors (Lipinski definition) is 3. The van der Waals surface area contributed by atoms with Crippen molar-refractivity contribution in [3.63, 3.8) is 0 Å². The molecule has 1 N–H and O–H groups in total. The fourth-order valence-electron chi connectivity index (χ4n) is 3.06. The molecule has 98 valence electrons. The van der Waals surface area contributed by atoms with Crippen molar-refractivity contribution < 1.29 is 19.4 Å². The van der Waals surface area contributed by atoms with Crippen molar-refractivity contribution >= 4 is 5.97 Å². The lowest BCUT2D eigenvalue weighted by molar-refractivity contribution is -0.150. The molecule has 0 heterocycles. The molecule has 0 saturated heterocycles. The van der Waals surface area contributed by atoms with Crippen LogP contribution in [-0.4, -0.2) is 38.0 Å². The van der Waals surface area contributed by atoms with Crippen molar-refractivity contribution in [3.05, 3.63) is 0 Å². The Morgan fingerprint density at radius 3 is 2.59 bits per heavy atom. The second kappa shape index (κ2) is 5.36. The standard InChI is InChI=1S/C13H22O4/c1-16-4-2-5-17-6-3-13(12(14)15)8-10-7-11(10)9-13/h10-11H,2-9H2,1H3,(H,14,15). The first kappa shape index (κ1) is 12.8. The molecule has 2 rings (SSSR count). The van der Waals surface area contributed by atoms with Crippen LogP contribution in [0.2, 0.25) is 0 Å². The van der Waals surface area contributed by atoms with Gasteiger partial charge in [0.1, 0.15) is 0 Å². The number of hydrogen-bond donors (Lipinski definition) is 1. The number of methoxy groups -OCH3 is 1. The predicted molar refractivity (Wildman–Crippen MR) is 62.8 cm³/mol. The summed E-state index contributed by atoms with van der Waals surface area (Å²) >= 11 is 0. The Labute approximate surface area is 102 Å². The molecular formula is C13H22O4. The predicted octanol–water partition coefficient (Wildman–Crippen LogP) is 1.93. The van der Waals surface area contributed by atoms with Gasteiger partial charge in [0.05, 0.1) is 5.41 Å². The molecule has 2 aliphatic carbocycles. The molecule has 4 heteroatoms. The van der Waals surface area contributed by atoms with Crippen LogP contribution < -0.4 is 0 Å². The highest BCUT2D eigenvalue weighted by molar-refractivity contribution is 5.75. The lowest BCUT2D eigenvalue weighted by atomic mass is 9.80.